The summed E-state index contributed by atoms with van der Waals surface area (Å²) in [5.41, 5.74) is 0.787. The molecule has 0 heterocycles. The van der Waals surface area contributed by atoms with Crippen molar-refractivity contribution in [3.63, 3.8) is 0 Å². The number of ether oxygens (including phenoxy) is 2. The maximum absolute atomic E-state index is 5.27. The van der Waals surface area contributed by atoms with Crippen LogP contribution in [0.2, 0.25) is 0 Å². The minimum absolute atomic E-state index is 0.116. The van der Waals surface area contributed by atoms with E-state index in [1.807, 2.05) is 6.08 Å². The standard InChI is InChI=1S/C14H27NO2/c1-13(2,3)10-9-11(12(16-7)17-8)15-14(4,5)6/h9-10,12H,1-8H3/b10-9-,15-11?. The third-order valence-electron chi connectivity index (χ3n) is 1.89. The van der Waals surface area contributed by atoms with Gasteiger partial charge in [-0.2, -0.15) is 0 Å². The van der Waals surface area contributed by atoms with E-state index in [1.54, 1.807) is 14.2 Å². The van der Waals surface area contributed by atoms with E-state index in [1.165, 1.54) is 0 Å². The van der Waals surface area contributed by atoms with Gasteiger partial charge in [0.2, 0.25) is 0 Å². The van der Waals surface area contributed by atoms with Crippen LogP contribution in [0.15, 0.2) is 17.1 Å². The largest absolute Gasteiger partial charge is 0.350 e. The Morgan fingerprint density at radius 2 is 1.47 bits per heavy atom. The van der Waals surface area contributed by atoms with Crippen LogP contribution >= 0.6 is 0 Å². The fourth-order valence-electron chi connectivity index (χ4n) is 1.23. The van der Waals surface area contributed by atoms with Crippen molar-refractivity contribution >= 4 is 5.71 Å². The first kappa shape index (κ1) is 16.3. The van der Waals surface area contributed by atoms with E-state index < -0.39 is 6.29 Å². The molecule has 0 fully saturated rings. The SMILES string of the molecule is COC(OC)C(/C=C\C(C)(C)C)=NC(C)(C)C. The highest BCUT2D eigenvalue weighted by Gasteiger charge is 2.17. The van der Waals surface area contributed by atoms with Crippen LogP contribution in [0.3, 0.4) is 0 Å². The smallest absolute Gasteiger partial charge is 0.200 e. The molecule has 0 aliphatic carbocycles. The van der Waals surface area contributed by atoms with Gasteiger partial charge in [0.1, 0.15) is 0 Å². The number of nitrogens with zero attached hydrogens (tertiary/aromatic N) is 1. The van der Waals surface area contributed by atoms with Crippen LogP contribution in [-0.2, 0) is 9.47 Å². The van der Waals surface area contributed by atoms with Crippen molar-refractivity contribution in [2.45, 2.75) is 53.4 Å². The molecular formula is C14H27NO2. The molecule has 0 unspecified atom stereocenters. The zero-order valence-electron chi connectivity index (χ0n) is 12.5. The Kier molecular flexibility index (Phi) is 6.06. The van der Waals surface area contributed by atoms with E-state index in [9.17, 15) is 0 Å². The molecule has 0 rings (SSSR count). The second kappa shape index (κ2) is 6.31. The Morgan fingerprint density at radius 3 is 1.76 bits per heavy atom. The summed E-state index contributed by atoms with van der Waals surface area (Å²) in [5, 5.41) is 0. The molecule has 0 radical (unpaired) electrons. The molecule has 0 amide bonds. The summed E-state index contributed by atoms with van der Waals surface area (Å²) >= 11 is 0. The lowest BCUT2D eigenvalue weighted by atomic mass is 9.95. The molecule has 0 bridgehead atoms. The first-order chi connectivity index (χ1) is 7.59. The lowest BCUT2D eigenvalue weighted by Gasteiger charge is -2.20. The molecule has 0 aromatic carbocycles. The monoisotopic (exact) mass is 241 g/mol. The van der Waals surface area contributed by atoms with Gasteiger partial charge >= 0.3 is 0 Å². The number of allylic oxidation sites excluding steroid dienone is 1. The van der Waals surface area contributed by atoms with Gasteiger partial charge < -0.3 is 9.47 Å². The van der Waals surface area contributed by atoms with E-state index in [0.29, 0.717) is 0 Å². The summed E-state index contributed by atoms with van der Waals surface area (Å²) in [6.07, 6.45) is 3.69. The van der Waals surface area contributed by atoms with Crippen LogP contribution in [0.4, 0.5) is 0 Å². The molecule has 0 spiro atoms. The average Bonchev–Trinajstić information content (AvgIpc) is 2.12. The van der Waals surface area contributed by atoms with Gasteiger partial charge in [-0.1, -0.05) is 26.8 Å². The highest BCUT2D eigenvalue weighted by Crippen LogP contribution is 2.16. The lowest BCUT2D eigenvalue weighted by molar-refractivity contribution is -0.0516. The average molecular weight is 241 g/mol. The van der Waals surface area contributed by atoms with Gasteiger partial charge in [-0.15, -0.1) is 0 Å². The number of rotatable bonds is 4. The van der Waals surface area contributed by atoms with Crippen LogP contribution in [-0.4, -0.2) is 31.8 Å². The van der Waals surface area contributed by atoms with Gasteiger partial charge in [0, 0.05) is 14.2 Å². The Hall–Kier alpha value is -0.670. The van der Waals surface area contributed by atoms with Crippen LogP contribution in [0.5, 0.6) is 0 Å². The Labute approximate surface area is 106 Å². The van der Waals surface area contributed by atoms with Crippen molar-refractivity contribution in [2.75, 3.05) is 14.2 Å². The van der Waals surface area contributed by atoms with Crippen molar-refractivity contribution in [1.82, 2.24) is 0 Å². The summed E-state index contributed by atoms with van der Waals surface area (Å²) < 4.78 is 10.5. The van der Waals surface area contributed by atoms with Crippen LogP contribution < -0.4 is 0 Å². The molecule has 0 N–H and O–H groups in total. The van der Waals surface area contributed by atoms with Gasteiger partial charge in [0.15, 0.2) is 6.29 Å². The number of hydrogen-bond donors (Lipinski definition) is 0. The molecule has 0 aliphatic heterocycles. The zero-order chi connectivity index (χ0) is 13.7. The van der Waals surface area contributed by atoms with Crippen molar-refractivity contribution in [3.05, 3.63) is 12.2 Å². The highest BCUT2D eigenvalue weighted by molar-refractivity contribution is 5.98. The van der Waals surface area contributed by atoms with E-state index >= 15 is 0 Å². The summed E-state index contributed by atoms with van der Waals surface area (Å²) in [4.78, 5) is 4.63. The molecule has 17 heavy (non-hydrogen) atoms. The van der Waals surface area contributed by atoms with Gasteiger partial charge in [-0.25, -0.2) is 0 Å². The lowest BCUT2D eigenvalue weighted by Crippen LogP contribution is -2.27. The normalized spacial score (nSPS) is 15.0. The van der Waals surface area contributed by atoms with Crippen LogP contribution in [0, 0.1) is 5.41 Å². The van der Waals surface area contributed by atoms with E-state index in [0.717, 1.165) is 5.71 Å². The van der Waals surface area contributed by atoms with Gasteiger partial charge in [-0.05, 0) is 32.3 Å². The molecule has 100 valence electrons. The summed E-state index contributed by atoms with van der Waals surface area (Å²) in [7, 11) is 3.24. The predicted molar refractivity (Wildman–Crippen MR) is 73.6 cm³/mol. The van der Waals surface area contributed by atoms with Crippen molar-refractivity contribution in [1.29, 1.82) is 0 Å². The summed E-state index contributed by atoms with van der Waals surface area (Å²) in [6, 6.07) is 0. The minimum atomic E-state index is -0.409. The Bertz CT molecular complexity index is 276. The quantitative estimate of drug-likeness (QED) is 0.557. The molecule has 0 aromatic heterocycles. The molecule has 3 heteroatoms. The fourth-order valence-corrected chi connectivity index (χ4v) is 1.23. The van der Waals surface area contributed by atoms with Crippen molar-refractivity contribution in [2.24, 2.45) is 10.4 Å². The molecule has 0 saturated carbocycles. The van der Waals surface area contributed by atoms with Gasteiger partial charge in [-0.3, -0.25) is 4.99 Å². The number of methoxy groups -OCH3 is 2. The van der Waals surface area contributed by atoms with E-state index in [2.05, 4.69) is 52.6 Å². The van der Waals surface area contributed by atoms with Crippen LogP contribution in [0.1, 0.15) is 41.5 Å². The maximum atomic E-state index is 5.27. The molecule has 0 atom stereocenters. The van der Waals surface area contributed by atoms with Crippen molar-refractivity contribution in [3.8, 4) is 0 Å². The Balaban J connectivity index is 5.13. The maximum Gasteiger partial charge on any atom is 0.200 e. The van der Waals surface area contributed by atoms with Gasteiger partial charge in [0.05, 0.1) is 11.3 Å². The second-order valence-electron chi connectivity index (χ2n) is 6.21. The zero-order valence-corrected chi connectivity index (χ0v) is 12.5. The predicted octanol–water partition coefficient (Wildman–Crippen LogP) is 3.45. The molecular weight excluding hydrogens is 214 g/mol. The summed E-state index contributed by atoms with van der Waals surface area (Å²) in [6.45, 7) is 12.6. The Morgan fingerprint density at radius 1 is 1.00 bits per heavy atom. The molecule has 0 saturated heterocycles. The molecule has 3 nitrogen and oxygen atoms in total. The van der Waals surface area contributed by atoms with Crippen molar-refractivity contribution < 1.29 is 9.47 Å². The third kappa shape index (κ3) is 8.11. The number of aliphatic imine (C=N–C) groups is 1. The topological polar surface area (TPSA) is 30.8 Å². The molecule has 0 aliphatic rings. The minimum Gasteiger partial charge on any atom is -0.350 e. The summed E-state index contributed by atoms with van der Waals surface area (Å²) in [5.74, 6) is 0. The first-order valence-corrected chi connectivity index (χ1v) is 5.93. The van der Waals surface area contributed by atoms with E-state index in [4.69, 9.17) is 9.47 Å². The van der Waals surface area contributed by atoms with E-state index in [-0.39, 0.29) is 11.0 Å². The highest BCUT2D eigenvalue weighted by atomic mass is 16.7. The third-order valence-corrected chi connectivity index (χ3v) is 1.89. The fraction of sp³-hybridized carbons (Fsp3) is 0.786. The van der Waals surface area contributed by atoms with Crippen LogP contribution in [0.25, 0.3) is 0 Å². The second-order valence-corrected chi connectivity index (χ2v) is 6.21. The van der Waals surface area contributed by atoms with Gasteiger partial charge in [0.25, 0.3) is 0 Å². The molecule has 0 aromatic rings. The number of hydrogen-bond acceptors (Lipinski definition) is 3. The first-order valence-electron chi connectivity index (χ1n) is 5.93.